The molecule has 1 saturated heterocycles. The number of piperidine rings is 1. The number of hydrogen-bond acceptors (Lipinski definition) is 4. The van der Waals surface area contributed by atoms with Gasteiger partial charge in [-0.05, 0) is 48.6 Å². The van der Waals surface area contributed by atoms with E-state index in [2.05, 4.69) is 16.0 Å². The Bertz CT molecular complexity index is 1020. The van der Waals surface area contributed by atoms with Crippen LogP contribution in [0.1, 0.15) is 30.4 Å². The molecule has 1 fully saturated rings. The normalized spacial score (nSPS) is 17.4. The van der Waals surface area contributed by atoms with Crippen molar-refractivity contribution in [1.29, 1.82) is 0 Å². The summed E-state index contributed by atoms with van der Waals surface area (Å²) in [6.07, 6.45) is 5.30. The van der Waals surface area contributed by atoms with E-state index in [0.29, 0.717) is 24.8 Å². The fraction of sp³-hybridized carbons (Fsp3) is 0.308. The van der Waals surface area contributed by atoms with Gasteiger partial charge in [0.15, 0.2) is 0 Å². The lowest BCUT2D eigenvalue weighted by molar-refractivity contribution is -0.130. The first-order valence-corrected chi connectivity index (χ1v) is 11.3. The summed E-state index contributed by atoms with van der Waals surface area (Å²) in [6, 6.07) is 13.0. The third-order valence-electron chi connectivity index (χ3n) is 5.64. The molecule has 1 aliphatic heterocycles. The van der Waals surface area contributed by atoms with Crippen LogP contribution in [0.3, 0.4) is 0 Å². The molecule has 0 saturated carbocycles. The van der Waals surface area contributed by atoms with Crippen LogP contribution in [0.4, 0.5) is 4.39 Å². The Balaban J connectivity index is 1.69. The van der Waals surface area contributed by atoms with Crippen LogP contribution >= 0.6 is 0 Å². The lowest BCUT2D eigenvalue weighted by Gasteiger charge is -2.25. The van der Waals surface area contributed by atoms with Crippen molar-refractivity contribution < 1.29 is 23.6 Å². The molecular weight excluding hydrogens is 437 g/mol. The Labute approximate surface area is 197 Å². The van der Waals surface area contributed by atoms with Crippen molar-refractivity contribution in [2.45, 2.75) is 37.8 Å². The van der Waals surface area contributed by atoms with Gasteiger partial charge < -0.3 is 20.7 Å². The number of aldehydes is 1. The second-order valence-corrected chi connectivity index (χ2v) is 8.25. The number of nitrogens with one attached hydrogen (secondary N) is 3. The quantitative estimate of drug-likeness (QED) is 0.370. The zero-order valence-corrected chi connectivity index (χ0v) is 18.7. The fourth-order valence-corrected chi connectivity index (χ4v) is 3.82. The summed E-state index contributed by atoms with van der Waals surface area (Å²) < 4.78 is 13.3. The van der Waals surface area contributed by atoms with Crippen LogP contribution in [0.25, 0.3) is 6.08 Å². The van der Waals surface area contributed by atoms with Gasteiger partial charge >= 0.3 is 0 Å². The van der Waals surface area contributed by atoms with Crippen molar-refractivity contribution in [3.8, 4) is 0 Å². The van der Waals surface area contributed by atoms with Crippen LogP contribution in [0.5, 0.6) is 0 Å². The van der Waals surface area contributed by atoms with Crippen molar-refractivity contribution in [2.24, 2.45) is 5.92 Å². The number of hydrogen-bond donors (Lipinski definition) is 3. The zero-order valence-electron chi connectivity index (χ0n) is 18.7. The molecular formula is C26H28FN3O4. The van der Waals surface area contributed by atoms with Gasteiger partial charge in [-0.15, -0.1) is 0 Å². The van der Waals surface area contributed by atoms with Gasteiger partial charge in [0.25, 0.3) is 0 Å². The van der Waals surface area contributed by atoms with Crippen molar-refractivity contribution >= 4 is 30.1 Å². The van der Waals surface area contributed by atoms with Crippen molar-refractivity contribution in [2.75, 3.05) is 6.54 Å². The second-order valence-electron chi connectivity index (χ2n) is 8.25. The first kappa shape index (κ1) is 24.8. The maximum Gasteiger partial charge on any atom is 0.244 e. The van der Waals surface area contributed by atoms with Crippen LogP contribution in [-0.2, 0) is 25.6 Å². The number of amides is 3. The third kappa shape index (κ3) is 7.65. The van der Waals surface area contributed by atoms with Gasteiger partial charge in [-0.3, -0.25) is 14.4 Å². The van der Waals surface area contributed by atoms with Crippen molar-refractivity contribution in [3.05, 3.63) is 77.6 Å². The molecule has 3 N–H and O–H groups in total. The molecule has 3 atom stereocenters. The lowest BCUT2D eigenvalue weighted by atomic mass is 9.92. The van der Waals surface area contributed by atoms with Crippen molar-refractivity contribution in [3.63, 3.8) is 0 Å². The Kier molecular flexibility index (Phi) is 9.08. The SMILES string of the molecule is O=C[C@H](CC1CCCNC1=O)NC(=O)[C@H](Cc1ccc(F)cc1)NC(=O)/C=C/c1ccccc1. The second kappa shape index (κ2) is 12.4. The molecule has 8 heteroatoms. The van der Waals surface area contributed by atoms with Crippen molar-refractivity contribution in [1.82, 2.24) is 16.0 Å². The van der Waals surface area contributed by atoms with E-state index < -0.39 is 29.7 Å². The summed E-state index contributed by atoms with van der Waals surface area (Å²) in [6.45, 7) is 0.607. The Hall–Kier alpha value is -3.81. The van der Waals surface area contributed by atoms with E-state index in [1.807, 2.05) is 30.3 Å². The first-order chi connectivity index (χ1) is 16.4. The molecule has 2 aromatic carbocycles. The molecule has 2 aromatic rings. The predicted molar refractivity (Wildman–Crippen MR) is 126 cm³/mol. The third-order valence-corrected chi connectivity index (χ3v) is 5.64. The fourth-order valence-electron chi connectivity index (χ4n) is 3.82. The van der Waals surface area contributed by atoms with Gasteiger partial charge in [-0.1, -0.05) is 42.5 Å². The number of carbonyl (C=O) groups excluding carboxylic acids is 4. The Morgan fingerprint density at radius 1 is 1.09 bits per heavy atom. The highest BCUT2D eigenvalue weighted by molar-refractivity contribution is 5.96. The van der Waals surface area contributed by atoms with E-state index in [9.17, 15) is 23.6 Å². The highest BCUT2D eigenvalue weighted by atomic mass is 19.1. The summed E-state index contributed by atoms with van der Waals surface area (Å²) >= 11 is 0. The van der Waals surface area contributed by atoms with Gasteiger partial charge in [0.2, 0.25) is 17.7 Å². The van der Waals surface area contributed by atoms with E-state index in [1.54, 1.807) is 6.08 Å². The molecule has 1 aliphatic rings. The number of benzene rings is 2. The smallest absolute Gasteiger partial charge is 0.244 e. The van der Waals surface area contributed by atoms with Crippen LogP contribution in [0, 0.1) is 11.7 Å². The predicted octanol–water partition coefficient (Wildman–Crippen LogP) is 2.17. The molecule has 3 rings (SSSR count). The number of halogens is 1. The molecule has 178 valence electrons. The van der Waals surface area contributed by atoms with Gasteiger partial charge in [-0.25, -0.2) is 4.39 Å². The molecule has 0 aromatic heterocycles. The summed E-state index contributed by atoms with van der Waals surface area (Å²) in [4.78, 5) is 49.2. The van der Waals surface area contributed by atoms with E-state index in [1.165, 1.54) is 30.3 Å². The summed E-state index contributed by atoms with van der Waals surface area (Å²) in [5.74, 6) is -1.94. The summed E-state index contributed by atoms with van der Waals surface area (Å²) in [7, 11) is 0. The monoisotopic (exact) mass is 465 g/mol. The molecule has 0 spiro atoms. The first-order valence-electron chi connectivity index (χ1n) is 11.3. The largest absolute Gasteiger partial charge is 0.356 e. The average Bonchev–Trinajstić information content (AvgIpc) is 2.85. The molecule has 0 radical (unpaired) electrons. The lowest BCUT2D eigenvalue weighted by Crippen LogP contribution is -2.51. The maximum absolute atomic E-state index is 13.3. The minimum absolute atomic E-state index is 0.104. The molecule has 7 nitrogen and oxygen atoms in total. The minimum Gasteiger partial charge on any atom is -0.356 e. The standard InChI is InChI=1S/C26H28FN3O4/c27-21-11-8-19(9-12-21)15-23(30-24(32)13-10-18-5-2-1-3-6-18)26(34)29-22(17-31)16-20-7-4-14-28-25(20)33/h1-3,5-6,8-13,17,20,22-23H,4,7,14-16H2,(H,28,33)(H,29,34)(H,30,32)/b13-10+/t20?,22-,23-/m0/s1. The molecule has 0 aliphatic carbocycles. The van der Waals surface area contributed by atoms with Crippen LogP contribution in [0.2, 0.25) is 0 Å². The van der Waals surface area contributed by atoms with Gasteiger partial charge in [0.05, 0.1) is 6.04 Å². The van der Waals surface area contributed by atoms with E-state index >= 15 is 0 Å². The van der Waals surface area contributed by atoms with Gasteiger partial charge in [0, 0.05) is 25.0 Å². The summed E-state index contributed by atoms with van der Waals surface area (Å²) in [5, 5.41) is 8.08. The Morgan fingerprint density at radius 2 is 1.82 bits per heavy atom. The van der Waals surface area contributed by atoms with E-state index in [4.69, 9.17) is 0 Å². The van der Waals surface area contributed by atoms with E-state index in [-0.39, 0.29) is 24.7 Å². The molecule has 0 bridgehead atoms. The van der Waals surface area contributed by atoms with Gasteiger partial charge in [0.1, 0.15) is 18.1 Å². The minimum atomic E-state index is -0.999. The maximum atomic E-state index is 13.3. The highest BCUT2D eigenvalue weighted by Gasteiger charge is 2.28. The zero-order chi connectivity index (χ0) is 24.3. The van der Waals surface area contributed by atoms with E-state index in [0.717, 1.165) is 12.0 Å². The van der Waals surface area contributed by atoms with Crippen LogP contribution in [0.15, 0.2) is 60.7 Å². The molecule has 3 amide bonds. The molecule has 1 unspecified atom stereocenters. The number of carbonyl (C=O) groups is 4. The van der Waals surface area contributed by atoms with Crippen LogP contribution < -0.4 is 16.0 Å². The summed E-state index contributed by atoms with van der Waals surface area (Å²) in [5.41, 5.74) is 1.46. The Morgan fingerprint density at radius 3 is 2.50 bits per heavy atom. The van der Waals surface area contributed by atoms with Crippen LogP contribution in [-0.4, -0.2) is 42.6 Å². The molecule has 1 heterocycles. The topological polar surface area (TPSA) is 104 Å². The average molecular weight is 466 g/mol. The molecule has 34 heavy (non-hydrogen) atoms. The highest BCUT2D eigenvalue weighted by Crippen LogP contribution is 2.17. The number of rotatable bonds is 10. The van der Waals surface area contributed by atoms with Gasteiger partial charge in [-0.2, -0.15) is 0 Å².